The third kappa shape index (κ3) is 2.43. The largest absolute Gasteiger partial charge is 0.392 e. The van der Waals surface area contributed by atoms with Gasteiger partial charge in [0.1, 0.15) is 6.54 Å². The molecule has 0 spiro atoms. The van der Waals surface area contributed by atoms with Gasteiger partial charge in [0.25, 0.3) is 0 Å². The Bertz CT molecular complexity index is 572. The number of benzene rings is 1. The summed E-state index contributed by atoms with van der Waals surface area (Å²) >= 11 is 0. The third-order valence-electron chi connectivity index (χ3n) is 2.80. The van der Waals surface area contributed by atoms with E-state index in [0.29, 0.717) is 6.54 Å². The molecule has 0 atom stereocenters. The fourth-order valence-electron chi connectivity index (χ4n) is 2.00. The van der Waals surface area contributed by atoms with Crippen molar-refractivity contribution in [1.82, 2.24) is 9.88 Å². The Labute approximate surface area is 106 Å². The number of carbonyl (C=O) groups excluding carboxylic acids is 1. The maximum Gasteiger partial charge on any atom is 0.240 e. The minimum Gasteiger partial charge on any atom is -0.392 e. The molecule has 2 rings (SSSR count). The summed E-state index contributed by atoms with van der Waals surface area (Å²) in [6, 6.07) is 7.67. The molecular formula is C14H16N2O2. The molecule has 0 saturated heterocycles. The summed E-state index contributed by atoms with van der Waals surface area (Å²) in [5.41, 5.74) is 1.74. The average Bonchev–Trinajstić information content (AvgIpc) is 2.79. The molecule has 0 aliphatic heterocycles. The van der Waals surface area contributed by atoms with E-state index in [-0.39, 0.29) is 19.1 Å². The number of fused-ring (bicyclic) bond motifs is 1. The molecule has 1 amide bonds. The summed E-state index contributed by atoms with van der Waals surface area (Å²) in [6.07, 6.45) is 3.50. The second kappa shape index (κ2) is 5.51. The van der Waals surface area contributed by atoms with Crippen molar-refractivity contribution in [2.45, 2.75) is 13.2 Å². The number of aromatic nitrogens is 1. The van der Waals surface area contributed by atoms with Crippen molar-refractivity contribution in [3.05, 3.63) is 48.7 Å². The third-order valence-corrected chi connectivity index (χ3v) is 2.80. The van der Waals surface area contributed by atoms with Crippen LogP contribution in [0.4, 0.5) is 0 Å². The zero-order chi connectivity index (χ0) is 13.0. The summed E-state index contributed by atoms with van der Waals surface area (Å²) < 4.78 is 1.85. The van der Waals surface area contributed by atoms with E-state index in [0.717, 1.165) is 16.5 Å². The van der Waals surface area contributed by atoms with Crippen LogP contribution in [0.3, 0.4) is 0 Å². The van der Waals surface area contributed by atoms with Gasteiger partial charge in [-0.1, -0.05) is 24.3 Å². The van der Waals surface area contributed by atoms with Crippen LogP contribution in [0.15, 0.2) is 43.1 Å². The number of nitrogens with one attached hydrogen (secondary N) is 1. The number of carbonyl (C=O) groups is 1. The summed E-state index contributed by atoms with van der Waals surface area (Å²) in [5, 5.41) is 13.1. The van der Waals surface area contributed by atoms with E-state index in [1.807, 2.05) is 35.0 Å². The van der Waals surface area contributed by atoms with Gasteiger partial charge in [0.05, 0.1) is 12.1 Å². The Balaban J connectivity index is 2.28. The van der Waals surface area contributed by atoms with Crippen LogP contribution < -0.4 is 5.32 Å². The Morgan fingerprint density at radius 1 is 1.44 bits per heavy atom. The molecule has 0 saturated carbocycles. The van der Waals surface area contributed by atoms with Crippen molar-refractivity contribution in [3.8, 4) is 0 Å². The van der Waals surface area contributed by atoms with E-state index < -0.39 is 0 Å². The summed E-state index contributed by atoms with van der Waals surface area (Å²) in [7, 11) is 0. The van der Waals surface area contributed by atoms with Gasteiger partial charge in [0.2, 0.25) is 5.91 Å². The highest BCUT2D eigenvalue weighted by Gasteiger charge is 2.08. The standard InChI is InChI=1S/C14H16N2O2/c1-2-7-15-13(18)9-16-8-6-11-4-3-5-12(10-17)14(11)16/h2-6,8,17H,1,7,9-10H2,(H,15,18). The van der Waals surface area contributed by atoms with Crippen LogP contribution in [0.25, 0.3) is 10.9 Å². The lowest BCUT2D eigenvalue weighted by atomic mass is 10.1. The zero-order valence-electron chi connectivity index (χ0n) is 10.1. The minimum atomic E-state index is -0.0693. The number of aliphatic hydroxyl groups excluding tert-OH is 1. The molecule has 1 aromatic heterocycles. The van der Waals surface area contributed by atoms with Gasteiger partial charge in [-0.2, -0.15) is 0 Å². The average molecular weight is 244 g/mol. The maximum atomic E-state index is 11.7. The SMILES string of the molecule is C=CCNC(=O)Cn1ccc2cccc(CO)c21. The molecule has 2 N–H and O–H groups in total. The van der Waals surface area contributed by atoms with Crippen molar-refractivity contribution < 1.29 is 9.90 Å². The predicted octanol–water partition coefficient (Wildman–Crippen LogP) is 1.44. The van der Waals surface area contributed by atoms with Crippen LogP contribution in [-0.4, -0.2) is 22.1 Å². The van der Waals surface area contributed by atoms with Gasteiger partial charge in [0.15, 0.2) is 0 Å². The monoisotopic (exact) mass is 244 g/mol. The van der Waals surface area contributed by atoms with Crippen LogP contribution in [-0.2, 0) is 17.9 Å². The summed E-state index contributed by atoms with van der Waals surface area (Å²) in [5.74, 6) is -0.0693. The van der Waals surface area contributed by atoms with Gasteiger partial charge >= 0.3 is 0 Å². The van der Waals surface area contributed by atoms with E-state index in [4.69, 9.17) is 0 Å². The molecule has 0 fully saturated rings. The first-order chi connectivity index (χ1) is 8.76. The number of hydrogen-bond acceptors (Lipinski definition) is 2. The highest BCUT2D eigenvalue weighted by atomic mass is 16.3. The van der Waals surface area contributed by atoms with Crippen molar-refractivity contribution in [2.75, 3.05) is 6.54 Å². The quantitative estimate of drug-likeness (QED) is 0.782. The van der Waals surface area contributed by atoms with Gasteiger partial charge in [0, 0.05) is 18.3 Å². The fraction of sp³-hybridized carbons (Fsp3) is 0.214. The highest BCUT2D eigenvalue weighted by molar-refractivity contribution is 5.85. The molecular weight excluding hydrogens is 228 g/mol. The summed E-state index contributed by atoms with van der Waals surface area (Å²) in [6.45, 7) is 4.23. The Hall–Kier alpha value is -2.07. The molecule has 2 aromatic rings. The minimum absolute atomic E-state index is 0.0321. The molecule has 1 aromatic carbocycles. The van der Waals surface area contributed by atoms with E-state index in [2.05, 4.69) is 11.9 Å². The van der Waals surface area contributed by atoms with Gasteiger partial charge in [-0.3, -0.25) is 4.79 Å². The first-order valence-electron chi connectivity index (χ1n) is 5.81. The van der Waals surface area contributed by atoms with Crippen LogP contribution in [0.5, 0.6) is 0 Å². The zero-order valence-corrected chi connectivity index (χ0v) is 10.1. The van der Waals surface area contributed by atoms with Crippen molar-refractivity contribution in [1.29, 1.82) is 0 Å². The number of hydrogen-bond donors (Lipinski definition) is 2. The number of nitrogens with zero attached hydrogens (tertiary/aromatic N) is 1. The van der Waals surface area contributed by atoms with Crippen LogP contribution in [0, 0.1) is 0 Å². The fourth-order valence-corrected chi connectivity index (χ4v) is 2.00. The smallest absolute Gasteiger partial charge is 0.240 e. The normalized spacial score (nSPS) is 10.5. The summed E-state index contributed by atoms with van der Waals surface area (Å²) in [4.78, 5) is 11.7. The number of amides is 1. The molecule has 1 heterocycles. The van der Waals surface area contributed by atoms with E-state index >= 15 is 0 Å². The number of aliphatic hydroxyl groups is 1. The second-order valence-electron chi connectivity index (χ2n) is 4.05. The lowest BCUT2D eigenvalue weighted by molar-refractivity contribution is -0.121. The molecule has 0 aliphatic rings. The molecule has 94 valence electrons. The molecule has 4 nitrogen and oxygen atoms in total. The van der Waals surface area contributed by atoms with Gasteiger partial charge in [-0.15, -0.1) is 6.58 Å². The Kier molecular flexibility index (Phi) is 3.79. The lowest BCUT2D eigenvalue weighted by Crippen LogP contribution is -2.27. The van der Waals surface area contributed by atoms with Crippen LogP contribution >= 0.6 is 0 Å². The van der Waals surface area contributed by atoms with Crippen molar-refractivity contribution in [2.24, 2.45) is 0 Å². The van der Waals surface area contributed by atoms with E-state index in [1.54, 1.807) is 6.08 Å². The Morgan fingerprint density at radius 2 is 2.28 bits per heavy atom. The second-order valence-corrected chi connectivity index (χ2v) is 4.05. The van der Waals surface area contributed by atoms with Crippen LogP contribution in [0.2, 0.25) is 0 Å². The number of para-hydroxylation sites is 1. The van der Waals surface area contributed by atoms with Gasteiger partial charge in [-0.05, 0) is 11.5 Å². The van der Waals surface area contributed by atoms with Crippen molar-refractivity contribution in [3.63, 3.8) is 0 Å². The van der Waals surface area contributed by atoms with Gasteiger partial charge < -0.3 is 15.0 Å². The van der Waals surface area contributed by atoms with E-state index in [1.165, 1.54) is 0 Å². The predicted molar refractivity (Wildman–Crippen MR) is 71.1 cm³/mol. The molecule has 0 aliphatic carbocycles. The molecule has 0 unspecified atom stereocenters. The number of rotatable bonds is 5. The van der Waals surface area contributed by atoms with Crippen molar-refractivity contribution >= 4 is 16.8 Å². The molecule has 4 heteroatoms. The Morgan fingerprint density at radius 3 is 3.00 bits per heavy atom. The molecule has 18 heavy (non-hydrogen) atoms. The maximum absolute atomic E-state index is 11.7. The first kappa shape index (κ1) is 12.4. The molecule has 0 bridgehead atoms. The van der Waals surface area contributed by atoms with Gasteiger partial charge in [-0.25, -0.2) is 0 Å². The topological polar surface area (TPSA) is 54.3 Å². The van der Waals surface area contributed by atoms with E-state index in [9.17, 15) is 9.90 Å². The highest BCUT2D eigenvalue weighted by Crippen LogP contribution is 2.20. The first-order valence-corrected chi connectivity index (χ1v) is 5.81. The lowest BCUT2D eigenvalue weighted by Gasteiger charge is -2.08. The molecule has 0 radical (unpaired) electrons. The van der Waals surface area contributed by atoms with Crippen LogP contribution in [0.1, 0.15) is 5.56 Å².